The number of hydrogen-bond acceptors (Lipinski definition) is 2. The van der Waals surface area contributed by atoms with Crippen molar-refractivity contribution in [2.75, 3.05) is 7.05 Å². The lowest BCUT2D eigenvalue weighted by Crippen LogP contribution is -2.32. The number of rotatable bonds is 4. The molecule has 0 unspecified atom stereocenters. The van der Waals surface area contributed by atoms with E-state index < -0.39 is 5.97 Å². The summed E-state index contributed by atoms with van der Waals surface area (Å²) in [5.74, 6) is -0.987. The van der Waals surface area contributed by atoms with Crippen LogP contribution in [0.25, 0.3) is 6.08 Å². The van der Waals surface area contributed by atoms with Gasteiger partial charge in [0.1, 0.15) is 0 Å². The van der Waals surface area contributed by atoms with E-state index in [0.717, 1.165) is 17.2 Å². The Labute approximate surface area is 99.1 Å². The van der Waals surface area contributed by atoms with Crippen molar-refractivity contribution >= 4 is 18.1 Å². The standard InChI is InChI=1S/C12H14N2O3/c1-13-12(17)14-8-10-4-2-3-9(7-10)5-6-11(15)16/h2-7H,8H2,1H3,(H,15,16)(H2,13,14,17)/b6-5+. The van der Waals surface area contributed by atoms with Crippen molar-refractivity contribution in [3.63, 3.8) is 0 Å². The monoisotopic (exact) mass is 234 g/mol. The normalized spacial score (nSPS) is 10.2. The summed E-state index contributed by atoms with van der Waals surface area (Å²) in [4.78, 5) is 21.3. The predicted molar refractivity (Wildman–Crippen MR) is 64.4 cm³/mol. The van der Waals surface area contributed by atoms with Gasteiger partial charge < -0.3 is 15.7 Å². The van der Waals surface area contributed by atoms with Crippen LogP contribution < -0.4 is 10.6 Å². The Morgan fingerprint density at radius 3 is 2.82 bits per heavy atom. The molecule has 0 saturated heterocycles. The first-order valence-corrected chi connectivity index (χ1v) is 5.07. The smallest absolute Gasteiger partial charge is 0.328 e. The van der Waals surface area contributed by atoms with Crippen LogP contribution in [0.2, 0.25) is 0 Å². The first-order chi connectivity index (χ1) is 8.11. The molecule has 2 amide bonds. The molecule has 0 aliphatic heterocycles. The van der Waals surface area contributed by atoms with Crippen molar-refractivity contribution < 1.29 is 14.7 Å². The van der Waals surface area contributed by atoms with Gasteiger partial charge in [0.15, 0.2) is 0 Å². The maximum absolute atomic E-state index is 11.0. The number of benzene rings is 1. The molecule has 3 N–H and O–H groups in total. The zero-order chi connectivity index (χ0) is 12.7. The summed E-state index contributed by atoms with van der Waals surface area (Å²) < 4.78 is 0. The Hall–Kier alpha value is -2.30. The average Bonchev–Trinajstić information content (AvgIpc) is 2.34. The molecule has 0 bridgehead atoms. The molecule has 0 fully saturated rings. The summed E-state index contributed by atoms with van der Waals surface area (Å²) >= 11 is 0. The summed E-state index contributed by atoms with van der Waals surface area (Å²) in [7, 11) is 1.54. The minimum Gasteiger partial charge on any atom is -0.478 e. The van der Waals surface area contributed by atoms with Crippen LogP contribution in [0.5, 0.6) is 0 Å². The molecular weight excluding hydrogens is 220 g/mol. The number of carboxylic acids is 1. The fraction of sp³-hybridized carbons (Fsp3) is 0.167. The van der Waals surface area contributed by atoms with Gasteiger partial charge in [-0.25, -0.2) is 9.59 Å². The zero-order valence-corrected chi connectivity index (χ0v) is 9.43. The molecule has 0 saturated carbocycles. The average molecular weight is 234 g/mol. The van der Waals surface area contributed by atoms with E-state index in [1.54, 1.807) is 13.1 Å². The minimum absolute atomic E-state index is 0.253. The van der Waals surface area contributed by atoms with Gasteiger partial charge in [0.25, 0.3) is 0 Å². The van der Waals surface area contributed by atoms with E-state index in [1.165, 1.54) is 6.08 Å². The Kier molecular flexibility index (Phi) is 4.75. The van der Waals surface area contributed by atoms with E-state index in [1.807, 2.05) is 18.2 Å². The molecule has 0 aliphatic rings. The molecule has 0 heterocycles. The van der Waals surface area contributed by atoms with Crippen LogP contribution in [-0.2, 0) is 11.3 Å². The van der Waals surface area contributed by atoms with E-state index in [-0.39, 0.29) is 6.03 Å². The van der Waals surface area contributed by atoms with Crippen molar-refractivity contribution in [2.24, 2.45) is 0 Å². The first kappa shape index (κ1) is 12.8. The van der Waals surface area contributed by atoms with Crippen LogP contribution >= 0.6 is 0 Å². The maximum atomic E-state index is 11.0. The molecule has 0 aliphatic carbocycles. The van der Waals surface area contributed by atoms with Gasteiger partial charge >= 0.3 is 12.0 Å². The van der Waals surface area contributed by atoms with E-state index in [4.69, 9.17) is 5.11 Å². The molecule has 1 aromatic rings. The number of aliphatic carboxylic acids is 1. The van der Waals surface area contributed by atoms with E-state index >= 15 is 0 Å². The summed E-state index contributed by atoms with van der Waals surface area (Å²) in [5, 5.41) is 13.6. The Bertz CT molecular complexity index is 441. The second-order valence-electron chi connectivity index (χ2n) is 3.35. The summed E-state index contributed by atoms with van der Waals surface area (Å²) in [6.45, 7) is 0.397. The van der Waals surface area contributed by atoms with Crippen molar-refractivity contribution in [1.29, 1.82) is 0 Å². The minimum atomic E-state index is -0.987. The SMILES string of the molecule is CNC(=O)NCc1cccc(/C=C/C(=O)O)c1. The third kappa shape index (κ3) is 4.83. The van der Waals surface area contributed by atoms with Crippen LogP contribution in [-0.4, -0.2) is 24.2 Å². The lowest BCUT2D eigenvalue weighted by Gasteiger charge is -2.05. The highest BCUT2D eigenvalue weighted by Crippen LogP contribution is 2.06. The summed E-state index contributed by atoms with van der Waals surface area (Å²) in [5.41, 5.74) is 1.68. The molecule has 17 heavy (non-hydrogen) atoms. The van der Waals surface area contributed by atoms with Crippen LogP contribution in [0.3, 0.4) is 0 Å². The van der Waals surface area contributed by atoms with E-state index in [0.29, 0.717) is 6.54 Å². The van der Waals surface area contributed by atoms with Crippen molar-refractivity contribution in [2.45, 2.75) is 6.54 Å². The van der Waals surface area contributed by atoms with Gasteiger partial charge in [-0.3, -0.25) is 0 Å². The molecule has 0 radical (unpaired) electrons. The number of hydrogen-bond donors (Lipinski definition) is 3. The molecule has 0 spiro atoms. The van der Waals surface area contributed by atoms with Crippen LogP contribution in [0.4, 0.5) is 4.79 Å². The number of urea groups is 1. The van der Waals surface area contributed by atoms with Gasteiger partial charge in [0.05, 0.1) is 0 Å². The van der Waals surface area contributed by atoms with E-state index in [2.05, 4.69) is 10.6 Å². The van der Waals surface area contributed by atoms with Gasteiger partial charge in [-0.05, 0) is 23.3 Å². The Morgan fingerprint density at radius 1 is 1.41 bits per heavy atom. The fourth-order valence-corrected chi connectivity index (χ4v) is 1.24. The predicted octanol–water partition coefficient (Wildman–Crippen LogP) is 1.21. The third-order valence-corrected chi connectivity index (χ3v) is 2.05. The van der Waals surface area contributed by atoms with Gasteiger partial charge in [-0.1, -0.05) is 18.2 Å². The molecular formula is C12H14N2O3. The van der Waals surface area contributed by atoms with Gasteiger partial charge in [0, 0.05) is 19.7 Å². The van der Waals surface area contributed by atoms with Crippen molar-refractivity contribution in [3.8, 4) is 0 Å². The molecule has 90 valence electrons. The quantitative estimate of drug-likeness (QED) is 0.685. The fourth-order valence-electron chi connectivity index (χ4n) is 1.24. The number of nitrogens with one attached hydrogen (secondary N) is 2. The number of carbonyl (C=O) groups is 2. The van der Waals surface area contributed by atoms with Crippen molar-refractivity contribution in [1.82, 2.24) is 10.6 Å². The highest BCUT2D eigenvalue weighted by atomic mass is 16.4. The maximum Gasteiger partial charge on any atom is 0.328 e. The van der Waals surface area contributed by atoms with E-state index in [9.17, 15) is 9.59 Å². The lowest BCUT2D eigenvalue weighted by atomic mass is 10.1. The molecule has 5 heteroatoms. The summed E-state index contributed by atoms with van der Waals surface area (Å²) in [6, 6.07) is 7.02. The molecule has 0 aromatic heterocycles. The number of carbonyl (C=O) groups excluding carboxylic acids is 1. The second kappa shape index (κ2) is 6.32. The topological polar surface area (TPSA) is 78.4 Å². The lowest BCUT2D eigenvalue weighted by molar-refractivity contribution is -0.131. The number of carboxylic acid groups (broad SMARTS) is 1. The number of amides is 2. The zero-order valence-electron chi connectivity index (χ0n) is 9.43. The molecule has 1 aromatic carbocycles. The van der Waals surface area contributed by atoms with Gasteiger partial charge in [-0.15, -0.1) is 0 Å². The summed E-state index contributed by atoms with van der Waals surface area (Å²) in [6.07, 6.45) is 2.58. The highest BCUT2D eigenvalue weighted by Gasteiger charge is 1.97. The largest absolute Gasteiger partial charge is 0.478 e. The third-order valence-electron chi connectivity index (χ3n) is 2.05. The molecule has 0 atom stereocenters. The highest BCUT2D eigenvalue weighted by molar-refractivity contribution is 5.85. The van der Waals surface area contributed by atoms with Gasteiger partial charge in [0.2, 0.25) is 0 Å². The Morgan fingerprint density at radius 2 is 2.18 bits per heavy atom. The first-order valence-electron chi connectivity index (χ1n) is 5.07. The van der Waals surface area contributed by atoms with Crippen LogP contribution in [0, 0.1) is 0 Å². The second-order valence-corrected chi connectivity index (χ2v) is 3.35. The van der Waals surface area contributed by atoms with Crippen LogP contribution in [0.1, 0.15) is 11.1 Å². The molecule has 5 nitrogen and oxygen atoms in total. The molecule has 1 rings (SSSR count). The van der Waals surface area contributed by atoms with Gasteiger partial charge in [-0.2, -0.15) is 0 Å². The van der Waals surface area contributed by atoms with Crippen molar-refractivity contribution in [3.05, 3.63) is 41.5 Å². The Balaban J connectivity index is 2.65. The van der Waals surface area contributed by atoms with Crippen LogP contribution in [0.15, 0.2) is 30.3 Å².